The molecule has 2 fully saturated rings. The van der Waals surface area contributed by atoms with Gasteiger partial charge >= 0.3 is 0 Å². The Kier molecular flexibility index (Phi) is 7.30. The number of fused-ring (bicyclic) bond motifs is 1. The van der Waals surface area contributed by atoms with Crippen molar-refractivity contribution in [2.45, 2.75) is 71.3 Å². The number of pyridine rings is 1. The van der Waals surface area contributed by atoms with Crippen LogP contribution < -0.4 is 10.9 Å². The second-order valence-electron chi connectivity index (χ2n) is 8.58. The van der Waals surface area contributed by atoms with Crippen molar-refractivity contribution >= 4 is 51.7 Å². The maximum absolute atomic E-state index is 13.5. The Balaban J connectivity index is 1.74. The first-order valence-corrected chi connectivity index (χ1v) is 12.8. The van der Waals surface area contributed by atoms with Crippen LogP contribution in [0.4, 0.5) is 5.82 Å². The summed E-state index contributed by atoms with van der Waals surface area (Å²) in [4.78, 5) is 33.5. The second-order valence-corrected chi connectivity index (χ2v) is 10.3. The molecule has 0 spiro atoms. The molecule has 0 unspecified atom stereocenters. The molecule has 3 heterocycles. The van der Waals surface area contributed by atoms with Crippen molar-refractivity contribution in [3.8, 4) is 0 Å². The van der Waals surface area contributed by atoms with E-state index in [2.05, 4.69) is 12.2 Å². The van der Waals surface area contributed by atoms with Crippen LogP contribution in [0.1, 0.15) is 69.4 Å². The van der Waals surface area contributed by atoms with E-state index in [9.17, 15) is 9.59 Å². The molecule has 1 saturated carbocycles. The average molecular weight is 471 g/mol. The van der Waals surface area contributed by atoms with Crippen molar-refractivity contribution in [3.63, 3.8) is 0 Å². The molecule has 2 aromatic rings. The first-order chi connectivity index (χ1) is 15.5. The van der Waals surface area contributed by atoms with Gasteiger partial charge in [0.2, 0.25) is 0 Å². The quantitative estimate of drug-likeness (QED) is 0.343. The summed E-state index contributed by atoms with van der Waals surface area (Å²) >= 11 is 6.74. The number of nitrogens with one attached hydrogen (secondary N) is 1. The van der Waals surface area contributed by atoms with Gasteiger partial charge in [-0.05, 0) is 43.9 Å². The molecule has 0 radical (unpaired) electrons. The lowest BCUT2D eigenvalue weighted by molar-refractivity contribution is -0.122. The van der Waals surface area contributed by atoms with Crippen molar-refractivity contribution in [3.05, 3.63) is 44.7 Å². The molecule has 1 saturated heterocycles. The Morgan fingerprint density at radius 2 is 2.03 bits per heavy atom. The third-order valence-corrected chi connectivity index (χ3v) is 7.54. The molecule has 0 atom stereocenters. The number of thioether (sulfide) groups is 1. The van der Waals surface area contributed by atoms with Crippen LogP contribution in [0.5, 0.6) is 0 Å². The first-order valence-electron chi connectivity index (χ1n) is 11.5. The lowest BCUT2D eigenvalue weighted by atomic mass is 9.95. The fraction of sp³-hybridized carbons (Fsp3) is 0.500. The van der Waals surface area contributed by atoms with Crippen molar-refractivity contribution in [2.75, 3.05) is 11.9 Å². The fourth-order valence-electron chi connectivity index (χ4n) is 4.34. The minimum atomic E-state index is -0.173. The molecule has 32 heavy (non-hydrogen) atoms. The summed E-state index contributed by atoms with van der Waals surface area (Å²) in [6.45, 7) is 4.71. The predicted octanol–water partition coefficient (Wildman–Crippen LogP) is 5.14. The number of hydrogen-bond acceptors (Lipinski definition) is 6. The number of anilines is 1. The van der Waals surface area contributed by atoms with E-state index in [0.717, 1.165) is 37.7 Å². The predicted molar refractivity (Wildman–Crippen MR) is 136 cm³/mol. The van der Waals surface area contributed by atoms with Crippen LogP contribution in [0.3, 0.4) is 0 Å². The van der Waals surface area contributed by atoms with Crippen LogP contribution in [0.2, 0.25) is 0 Å². The van der Waals surface area contributed by atoms with E-state index < -0.39 is 0 Å². The molecular formula is C24H30N4O2S2. The largest absolute Gasteiger partial charge is 0.367 e. The van der Waals surface area contributed by atoms with Crippen LogP contribution >= 0.6 is 24.0 Å². The van der Waals surface area contributed by atoms with Crippen molar-refractivity contribution in [1.29, 1.82) is 0 Å². The van der Waals surface area contributed by atoms with Gasteiger partial charge in [0.25, 0.3) is 11.5 Å². The molecule has 1 aliphatic carbocycles. The summed E-state index contributed by atoms with van der Waals surface area (Å²) in [7, 11) is 0. The Labute approximate surface area is 198 Å². The molecule has 4 rings (SSSR count). The number of carbonyl (C=O) groups excluding carboxylic acids is 1. The standard InChI is InChI=1S/C24H30N4O2S2/c1-3-4-8-13-28-23(30)19(32-24(28)31)15-18-20(25-17-11-6-5-7-12-17)26-21-16(2)10-9-14-27(21)22(18)29/h9-10,14-15,17,25H,3-8,11-13H2,1-2H3. The maximum Gasteiger partial charge on any atom is 0.267 e. The van der Waals surface area contributed by atoms with E-state index in [-0.39, 0.29) is 17.5 Å². The normalized spacial score (nSPS) is 18.8. The third-order valence-electron chi connectivity index (χ3n) is 6.16. The third kappa shape index (κ3) is 4.76. The van der Waals surface area contributed by atoms with Crippen LogP contribution in [-0.2, 0) is 4.79 Å². The molecule has 0 bridgehead atoms. The average Bonchev–Trinajstić information content (AvgIpc) is 3.05. The Bertz CT molecular complexity index is 1120. The Hall–Kier alpha value is -2.19. The van der Waals surface area contributed by atoms with Gasteiger partial charge in [-0.15, -0.1) is 0 Å². The van der Waals surface area contributed by atoms with Gasteiger partial charge in [0.05, 0.1) is 10.5 Å². The number of unbranched alkanes of at least 4 members (excludes halogenated alkanes) is 2. The molecule has 6 nitrogen and oxygen atoms in total. The zero-order chi connectivity index (χ0) is 22.7. The number of hydrogen-bond donors (Lipinski definition) is 1. The highest BCUT2D eigenvalue weighted by molar-refractivity contribution is 8.26. The number of nitrogens with zero attached hydrogens (tertiary/aromatic N) is 3. The monoisotopic (exact) mass is 470 g/mol. The minimum Gasteiger partial charge on any atom is -0.367 e. The fourth-order valence-corrected chi connectivity index (χ4v) is 5.63. The van der Waals surface area contributed by atoms with Gasteiger partial charge in [0.1, 0.15) is 15.8 Å². The lowest BCUT2D eigenvalue weighted by Gasteiger charge is -2.24. The second kappa shape index (κ2) is 10.2. The summed E-state index contributed by atoms with van der Waals surface area (Å²) in [6.07, 6.45) is 12.2. The van der Waals surface area contributed by atoms with E-state index in [1.54, 1.807) is 21.6 Å². The van der Waals surface area contributed by atoms with E-state index in [1.807, 2.05) is 19.1 Å². The van der Waals surface area contributed by atoms with Gasteiger partial charge in [-0.3, -0.25) is 18.9 Å². The van der Waals surface area contributed by atoms with Gasteiger partial charge in [-0.2, -0.15) is 0 Å². The topological polar surface area (TPSA) is 66.7 Å². The maximum atomic E-state index is 13.5. The highest BCUT2D eigenvalue weighted by Crippen LogP contribution is 2.33. The summed E-state index contributed by atoms with van der Waals surface area (Å²) in [5.74, 6) is 0.445. The first kappa shape index (κ1) is 23.0. The molecule has 1 aliphatic heterocycles. The number of amides is 1. The van der Waals surface area contributed by atoms with Gasteiger partial charge in [0.15, 0.2) is 0 Å². The smallest absolute Gasteiger partial charge is 0.267 e. The highest BCUT2D eigenvalue weighted by atomic mass is 32.2. The molecule has 1 amide bonds. The molecule has 2 aromatic heterocycles. The van der Waals surface area contributed by atoms with Crippen molar-refractivity contribution in [1.82, 2.24) is 14.3 Å². The van der Waals surface area contributed by atoms with E-state index in [4.69, 9.17) is 17.2 Å². The van der Waals surface area contributed by atoms with Crippen LogP contribution in [-0.4, -0.2) is 37.1 Å². The Morgan fingerprint density at radius 3 is 2.78 bits per heavy atom. The Morgan fingerprint density at radius 1 is 1.25 bits per heavy atom. The summed E-state index contributed by atoms with van der Waals surface area (Å²) in [6, 6.07) is 4.09. The molecular weight excluding hydrogens is 440 g/mol. The molecule has 1 N–H and O–H groups in total. The van der Waals surface area contributed by atoms with Crippen molar-refractivity contribution < 1.29 is 4.79 Å². The molecule has 170 valence electrons. The lowest BCUT2D eigenvalue weighted by Crippen LogP contribution is -2.29. The van der Waals surface area contributed by atoms with Crippen LogP contribution in [0.25, 0.3) is 11.7 Å². The van der Waals surface area contributed by atoms with Gasteiger partial charge in [-0.25, -0.2) is 4.98 Å². The zero-order valence-electron chi connectivity index (χ0n) is 18.7. The number of aryl methyl sites for hydroxylation is 1. The molecule has 0 aromatic carbocycles. The van der Waals surface area contributed by atoms with Gasteiger partial charge < -0.3 is 5.32 Å². The van der Waals surface area contributed by atoms with Gasteiger partial charge in [0, 0.05) is 18.8 Å². The summed E-state index contributed by atoms with van der Waals surface area (Å²) < 4.78 is 2.12. The highest BCUT2D eigenvalue weighted by Gasteiger charge is 2.32. The van der Waals surface area contributed by atoms with Crippen molar-refractivity contribution in [2.24, 2.45) is 0 Å². The van der Waals surface area contributed by atoms with Gasteiger partial charge in [-0.1, -0.05) is 69.1 Å². The molecule has 8 heteroatoms. The zero-order valence-corrected chi connectivity index (χ0v) is 20.4. The van der Waals surface area contributed by atoms with Crippen LogP contribution in [0.15, 0.2) is 28.0 Å². The number of carbonyl (C=O) groups is 1. The summed E-state index contributed by atoms with van der Waals surface area (Å²) in [5, 5.41) is 3.53. The number of rotatable bonds is 7. The minimum absolute atomic E-state index is 0.117. The van der Waals surface area contributed by atoms with Crippen LogP contribution in [0, 0.1) is 6.92 Å². The number of aromatic nitrogens is 2. The van der Waals surface area contributed by atoms with E-state index in [0.29, 0.717) is 32.8 Å². The number of thiocarbonyl (C=S) groups is 1. The summed E-state index contributed by atoms with van der Waals surface area (Å²) in [5.41, 5.74) is 1.83. The molecule has 2 aliphatic rings. The van der Waals surface area contributed by atoms with E-state index in [1.165, 1.54) is 31.0 Å². The SMILES string of the molecule is CCCCCN1C(=O)C(=Cc2c(NC3CCCCC3)nc3c(C)cccn3c2=O)SC1=S. The van der Waals surface area contributed by atoms with E-state index >= 15 is 0 Å².